The predicted octanol–water partition coefficient (Wildman–Crippen LogP) is 2.78. The highest BCUT2D eigenvalue weighted by Gasteiger charge is 2.12. The van der Waals surface area contributed by atoms with Gasteiger partial charge in [0.25, 0.3) is 0 Å². The lowest BCUT2D eigenvalue weighted by Crippen LogP contribution is -2.03. The second-order valence-corrected chi connectivity index (χ2v) is 5.10. The Morgan fingerprint density at radius 3 is 2.72 bits per heavy atom. The van der Waals surface area contributed by atoms with Gasteiger partial charge in [-0.25, -0.2) is 9.78 Å². The number of carbonyl (C=O) groups is 1. The lowest BCUT2D eigenvalue weighted by atomic mass is 10.1. The van der Waals surface area contributed by atoms with Crippen LogP contribution in [0.4, 0.5) is 16.5 Å². The van der Waals surface area contributed by atoms with E-state index in [-0.39, 0.29) is 5.56 Å². The van der Waals surface area contributed by atoms with Crippen LogP contribution in [0.3, 0.4) is 0 Å². The van der Waals surface area contributed by atoms with Crippen molar-refractivity contribution >= 4 is 33.8 Å². The number of aryl methyl sites for hydroxylation is 2. The van der Waals surface area contributed by atoms with E-state index in [4.69, 9.17) is 10.8 Å². The molecule has 0 amide bonds. The first-order valence-electron chi connectivity index (χ1n) is 5.31. The molecule has 1 aromatic heterocycles. The monoisotopic (exact) mass is 263 g/mol. The van der Waals surface area contributed by atoms with Gasteiger partial charge in [-0.05, 0) is 32.0 Å². The van der Waals surface area contributed by atoms with Gasteiger partial charge in [-0.2, -0.15) is 0 Å². The minimum absolute atomic E-state index is 0.176. The van der Waals surface area contributed by atoms with Crippen molar-refractivity contribution in [1.82, 2.24) is 4.98 Å². The van der Waals surface area contributed by atoms with Crippen LogP contribution >= 0.6 is 11.3 Å². The maximum Gasteiger partial charge on any atom is 0.337 e. The third-order valence-corrected chi connectivity index (χ3v) is 3.53. The highest BCUT2D eigenvalue weighted by molar-refractivity contribution is 7.15. The summed E-state index contributed by atoms with van der Waals surface area (Å²) in [4.78, 5) is 16.5. The number of carboxylic acid groups (broad SMARTS) is 1. The molecule has 6 heteroatoms. The summed E-state index contributed by atoms with van der Waals surface area (Å²) in [5.41, 5.74) is 7.74. The number of aromatic nitrogens is 1. The fourth-order valence-corrected chi connectivity index (χ4v) is 2.32. The van der Waals surface area contributed by atoms with Crippen LogP contribution < -0.4 is 11.1 Å². The van der Waals surface area contributed by atoms with Gasteiger partial charge in [-0.3, -0.25) is 0 Å². The Kier molecular flexibility index (Phi) is 3.20. The van der Waals surface area contributed by atoms with E-state index < -0.39 is 5.97 Å². The van der Waals surface area contributed by atoms with E-state index in [0.29, 0.717) is 16.5 Å². The summed E-state index contributed by atoms with van der Waals surface area (Å²) < 4.78 is 0. The maximum atomic E-state index is 11.1. The number of nitrogens with two attached hydrogens (primary N) is 1. The molecule has 0 fully saturated rings. The number of aromatic carboxylic acids is 1. The van der Waals surface area contributed by atoms with Crippen LogP contribution in [-0.4, -0.2) is 16.1 Å². The Morgan fingerprint density at radius 1 is 1.44 bits per heavy atom. The van der Waals surface area contributed by atoms with Crippen molar-refractivity contribution in [1.29, 1.82) is 0 Å². The number of hydrogen-bond donors (Lipinski definition) is 3. The number of carboxylic acids is 1. The average Bonchev–Trinajstić information content (AvgIpc) is 2.57. The fraction of sp³-hybridized carbons (Fsp3) is 0.167. The van der Waals surface area contributed by atoms with E-state index >= 15 is 0 Å². The number of nitrogens with zero attached hydrogens (tertiary/aromatic N) is 1. The van der Waals surface area contributed by atoms with E-state index in [1.54, 1.807) is 12.1 Å². The van der Waals surface area contributed by atoms with Gasteiger partial charge in [0.2, 0.25) is 0 Å². The molecule has 2 aromatic rings. The van der Waals surface area contributed by atoms with Crippen molar-refractivity contribution in [3.05, 3.63) is 34.3 Å². The summed E-state index contributed by atoms with van der Waals surface area (Å²) in [7, 11) is 0. The summed E-state index contributed by atoms with van der Waals surface area (Å²) in [6.07, 6.45) is 0. The predicted molar refractivity (Wildman–Crippen MR) is 72.7 cm³/mol. The second-order valence-electron chi connectivity index (χ2n) is 3.90. The Hall–Kier alpha value is -2.08. The third kappa shape index (κ3) is 2.43. The molecule has 5 nitrogen and oxygen atoms in total. The molecule has 1 aromatic carbocycles. The standard InChI is InChI=1S/C12H13N3O2S/c1-6-7(2)18-12(14-6)15-10-5-8(13)3-4-9(10)11(16)17/h3-5H,13H2,1-2H3,(H,14,15)(H,16,17). The minimum Gasteiger partial charge on any atom is -0.478 e. The van der Waals surface area contributed by atoms with E-state index in [9.17, 15) is 4.79 Å². The van der Waals surface area contributed by atoms with Crippen molar-refractivity contribution in [3.63, 3.8) is 0 Å². The van der Waals surface area contributed by atoms with Crippen LogP contribution in [0, 0.1) is 13.8 Å². The Balaban J connectivity index is 2.38. The van der Waals surface area contributed by atoms with E-state index in [1.165, 1.54) is 17.4 Å². The summed E-state index contributed by atoms with van der Waals surface area (Å²) >= 11 is 1.48. The van der Waals surface area contributed by atoms with Gasteiger partial charge in [-0.15, -0.1) is 11.3 Å². The SMILES string of the molecule is Cc1nc(Nc2cc(N)ccc2C(=O)O)sc1C. The first-order valence-corrected chi connectivity index (χ1v) is 6.13. The van der Waals surface area contributed by atoms with Crippen LogP contribution in [0.1, 0.15) is 20.9 Å². The summed E-state index contributed by atoms with van der Waals surface area (Å²) in [5.74, 6) is -0.998. The largest absolute Gasteiger partial charge is 0.478 e. The number of benzene rings is 1. The van der Waals surface area contributed by atoms with Crippen molar-refractivity contribution in [2.45, 2.75) is 13.8 Å². The summed E-state index contributed by atoms with van der Waals surface area (Å²) in [6.45, 7) is 3.88. The van der Waals surface area contributed by atoms with Gasteiger partial charge in [0, 0.05) is 10.6 Å². The van der Waals surface area contributed by atoms with Gasteiger partial charge < -0.3 is 16.2 Å². The number of anilines is 3. The first-order chi connectivity index (χ1) is 8.47. The molecule has 1 heterocycles. The number of hydrogen-bond acceptors (Lipinski definition) is 5. The molecule has 0 bridgehead atoms. The normalized spacial score (nSPS) is 10.3. The lowest BCUT2D eigenvalue weighted by molar-refractivity contribution is 0.0698. The van der Waals surface area contributed by atoms with Crippen LogP contribution in [0.25, 0.3) is 0 Å². The maximum absolute atomic E-state index is 11.1. The Bertz CT molecular complexity index is 588. The zero-order chi connectivity index (χ0) is 13.3. The molecule has 0 aliphatic heterocycles. The van der Waals surface area contributed by atoms with Crippen molar-refractivity contribution in [3.8, 4) is 0 Å². The molecule has 18 heavy (non-hydrogen) atoms. The molecule has 0 aliphatic rings. The molecule has 0 unspecified atom stereocenters. The van der Waals surface area contributed by atoms with Crippen molar-refractivity contribution in [2.75, 3.05) is 11.1 Å². The molecular weight excluding hydrogens is 250 g/mol. The van der Waals surface area contributed by atoms with E-state index in [0.717, 1.165) is 10.6 Å². The van der Waals surface area contributed by atoms with E-state index in [1.807, 2.05) is 13.8 Å². The number of nitrogen functional groups attached to an aromatic ring is 1. The van der Waals surface area contributed by atoms with Crippen LogP contribution in [0.15, 0.2) is 18.2 Å². The second kappa shape index (κ2) is 4.66. The lowest BCUT2D eigenvalue weighted by Gasteiger charge is -2.07. The van der Waals surface area contributed by atoms with Gasteiger partial charge in [0.1, 0.15) is 0 Å². The zero-order valence-corrected chi connectivity index (χ0v) is 10.8. The van der Waals surface area contributed by atoms with Crippen molar-refractivity contribution in [2.24, 2.45) is 0 Å². The van der Waals surface area contributed by atoms with Gasteiger partial charge in [-0.1, -0.05) is 0 Å². The zero-order valence-electron chi connectivity index (χ0n) is 10.0. The van der Waals surface area contributed by atoms with Gasteiger partial charge in [0.15, 0.2) is 5.13 Å². The smallest absolute Gasteiger partial charge is 0.337 e. The highest BCUT2D eigenvalue weighted by Crippen LogP contribution is 2.28. The summed E-state index contributed by atoms with van der Waals surface area (Å²) in [6, 6.07) is 4.63. The molecule has 0 radical (unpaired) electrons. The molecular formula is C12H13N3O2S. The van der Waals surface area contributed by atoms with Crippen molar-refractivity contribution < 1.29 is 9.90 Å². The molecule has 94 valence electrons. The van der Waals surface area contributed by atoms with Crippen LogP contribution in [0.5, 0.6) is 0 Å². The average molecular weight is 263 g/mol. The topological polar surface area (TPSA) is 88.2 Å². The molecule has 2 rings (SSSR count). The molecule has 0 saturated heterocycles. The summed E-state index contributed by atoms with van der Waals surface area (Å²) in [5, 5.41) is 12.8. The Morgan fingerprint density at radius 2 is 2.17 bits per heavy atom. The number of nitrogens with one attached hydrogen (secondary N) is 1. The van der Waals surface area contributed by atoms with Gasteiger partial charge >= 0.3 is 5.97 Å². The van der Waals surface area contributed by atoms with Gasteiger partial charge in [0.05, 0.1) is 16.9 Å². The third-order valence-electron chi connectivity index (χ3n) is 2.54. The number of thiazole rings is 1. The Labute approximate surface area is 108 Å². The van der Waals surface area contributed by atoms with Crippen LogP contribution in [0.2, 0.25) is 0 Å². The number of rotatable bonds is 3. The quantitative estimate of drug-likeness (QED) is 0.741. The first kappa shape index (κ1) is 12.4. The minimum atomic E-state index is -0.998. The fourth-order valence-electron chi connectivity index (χ4n) is 1.49. The molecule has 0 atom stereocenters. The molecule has 4 N–H and O–H groups in total. The molecule has 0 aliphatic carbocycles. The molecule has 0 spiro atoms. The van der Waals surface area contributed by atoms with E-state index in [2.05, 4.69) is 10.3 Å². The van der Waals surface area contributed by atoms with Crippen LogP contribution in [-0.2, 0) is 0 Å². The molecule has 0 saturated carbocycles. The highest BCUT2D eigenvalue weighted by atomic mass is 32.1.